The number of hydrogen-bond donors (Lipinski definition) is 2. The molecule has 0 radical (unpaired) electrons. The topological polar surface area (TPSA) is 74.6 Å². The molecule has 34 heavy (non-hydrogen) atoms. The summed E-state index contributed by atoms with van der Waals surface area (Å²) in [5.41, 5.74) is 3.20. The third-order valence-electron chi connectivity index (χ3n) is 11.5. The number of rotatable bonds is 5. The van der Waals surface area contributed by atoms with Crippen LogP contribution in [0.25, 0.3) is 0 Å². The molecule has 7 atom stereocenters. The number of aliphatic carboxylic acids is 1. The summed E-state index contributed by atoms with van der Waals surface area (Å²) in [7, 11) is 0. The number of allylic oxidation sites excluding steroid dienone is 3. The molecule has 0 aromatic heterocycles. The lowest BCUT2D eigenvalue weighted by atomic mass is 9.43. The minimum atomic E-state index is -0.715. The minimum absolute atomic E-state index is 0.00276. The van der Waals surface area contributed by atoms with Crippen molar-refractivity contribution in [1.82, 2.24) is 0 Å². The molecule has 0 bridgehead atoms. The standard InChI is InChI=1S/C30H46O4/c1-18(2)9-8-10-19(26(33)34)22-17-25(32)30(7)21-11-12-23-27(3,4)24(31)14-15-28(23,5)20(21)13-16-29(22,30)6/h9,19,22-23,25,32H,8,10-17H2,1-7H3,(H,33,34). The molecule has 0 saturated heterocycles. The van der Waals surface area contributed by atoms with E-state index in [1.807, 2.05) is 0 Å². The van der Waals surface area contributed by atoms with Crippen LogP contribution in [0.4, 0.5) is 0 Å². The van der Waals surface area contributed by atoms with E-state index in [4.69, 9.17) is 0 Å². The summed E-state index contributed by atoms with van der Waals surface area (Å²) in [6, 6.07) is 0. The molecule has 4 aliphatic rings. The van der Waals surface area contributed by atoms with E-state index in [0.29, 0.717) is 31.0 Å². The maximum absolute atomic E-state index is 12.8. The van der Waals surface area contributed by atoms with E-state index in [9.17, 15) is 19.8 Å². The molecule has 0 heterocycles. The van der Waals surface area contributed by atoms with Crippen molar-refractivity contribution in [3.63, 3.8) is 0 Å². The van der Waals surface area contributed by atoms with Gasteiger partial charge in [-0.15, -0.1) is 0 Å². The number of carboxylic acid groups (broad SMARTS) is 1. The summed E-state index contributed by atoms with van der Waals surface area (Å²) in [4.78, 5) is 25.3. The first-order valence-corrected chi connectivity index (χ1v) is 13.5. The maximum Gasteiger partial charge on any atom is 0.306 e. The zero-order valence-corrected chi connectivity index (χ0v) is 22.5. The fourth-order valence-electron chi connectivity index (χ4n) is 9.23. The first kappa shape index (κ1) is 25.7. The van der Waals surface area contributed by atoms with Crippen LogP contribution in [0.3, 0.4) is 0 Å². The fourth-order valence-corrected chi connectivity index (χ4v) is 9.23. The quantitative estimate of drug-likeness (QED) is 0.437. The SMILES string of the molecule is CC(C)=CCCC(C(=O)O)C1CC(O)C2(C)C3=C(CCC12C)C1(C)CCC(=O)C(C)(C)C1CC3. The number of aliphatic hydroxyl groups is 1. The molecule has 0 aromatic carbocycles. The highest BCUT2D eigenvalue weighted by molar-refractivity contribution is 5.85. The lowest BCUT2D eigenvalue weighted by molar-refractivity contribution is -0.146. The highest BCUT2D eigenvalue weighted by Crippen LogP contribution is 2.72. The summed E-state index contributed by atoms with van der Waals surface area (Å²) in [6.07, 6.45) is 8.95. The van der Waals surface area contributed by atoms with E-state index >= 15 is 0 Å². The molecule has 2 fully saturated rings. The van der Waals surface area contributed by atoms with Crippen molar-refractivity contribution in [2.75, 3.05) is 0 Å². The summed E-state index contributed by atoms with van der Waals surface area (Å²) in [5.74, 6) is -0.435. The molecule has 4 aliphatic carbocycles. The molecule has 0 spiro atoms. The Bertz CT molecular complexity index is 937. The van der Waals surface area contributed by atoms with Crippen LogP contribution in [0.2, 0.25) is 0 Å². The van der Waals surface area contributed by atoms with Gasteiger partial charge >= 0.3 is 5.97 Å². The van der Waals surface area contributed by atoms with Crippen LogP contribution in [-0.2, 0) is 9.59 Å². The number of aliphatic hydroxyl groups excluding tert-OH is 1. The Kier molecular flexibility index (Phi) is 6.28. The van der Waals surface area contributed by atoms with Crippen LogP contribution in [0.1, 0.15) is 106 Å². The van der Waals surface area contributed by atoms with Gasteiger partial charge in [-0.2, -0.15) is 0 Å². The fraction of sp³-hybridized carbons (Fsp3) is 0.800. The summed E-state index contributed by atoms with van der Waals surface area (Å²) >= 11 is 0. The predicted molar refractivity (Wildman–Crippen MR) is 135 cm³/mol. The van der Waals surface area contributed by atoms with Crippen molar-refractivity contribution >= 4 is 11.8 Å². The molecule has 0 aromatic rings. The van der Waals surface area contributed by atoms with E-state index in [0.717, 1.165) is 38.5 Å². The largest absolute Gasteiger partial charge is 0.481 e. The minimum Gasteiger partial charge on any atom is -0.481 e. The Hall–Kier alpha value is -1.42. The lowest BCUT2D eigenvalue weighted by Gasteiger charge is -2.61. The Balaban J connectivity index is 1.74. The number of carbonyl (C=O) groups is 2. The second-order valence-corrected chi connectivity index (χ2v) is 13.4. The summed E-state index contributed by atoms with van der Waals surface area (Å²) in [6.45, 7) is 15.3. The van der Waals surface area contributed by atoms with E-state index in [1.54, 1.807) is 0 Å². The van der Waals surface area contributed by atoms with Gasteiger partial charge in [0.05, 0.1) is 12.0 Å². The van der Waals surface area contributed by atoms with Gasteiger partial charge in [0.2, 0.25) is 0 Å². The Morgan fingerprint density at radius 3 is 2.35 bits per heavy atom. The third-order valence-corrected chi connectivity index (χ3v) is 11.5. The first-order chi connectivity index (χ1) is 15.7. The van der Waals surface area contributed by atoms with E-state index < -0.39 is 23.4 Å². The summed E-state index contributed by atoms with van der Waals surface area (Å²) < 4.78 is 0. The van der Waals surface area contributed by atoms with Gasteiger partial charge in [0.15, 0.2) is 0 Å². The van der Waals surface area contributed by atoms with Crippen LogP contribution in [0.15, 0.2) is 22.8 Å². The van der Waals surface area contributed by atoms with Crippen LogP contribution in [0, 0.1) is 39.4 Å². The Morgan fingerprint density at radius 1 is 1.06 bits per heavy atom. The number of carboxylic acids is 1. The van der Waals surface area contributed by atoms with Crippen molar-refractivity contribution in [2.45, 2.75) is 112 Å². The van der Waals surface area contributed by atoms with Crippen molar-refractivity contribution in [1.29, 1.82) is 0 Å². The first-order valence-electron chi connectivity index (χ1n) is 13.5. The molecule has 2 saturated carbocycles. The third kappa shape index (κ3) is 3.41. The highest BCUT2D eigenvalue weighted by Gasteiger charge is 2.67. The smallest absolute Gasteiger partial charge is 0.306 e. The molecular weight excluding hydrogens is 424 g/mol. The van der Waals surface area contributed by atoms with Gasteiger partial charge in [-0.05, 0) is 87.9 Å². The zero-order valence-electron chi connectivity index (χ0n) is 22.5. The Labute approximate surface area is 206 Å². The molecule has 4 nitrogen and oxygen atoms in total. The van der Waals surface area contributed by atoms with Crippen molar-refractivity contribution < 1.29 is 19.8 Å². The molecule has 4 heteroatoms. The normalized spacial score (nSPS) is 41.9. The average Bonchev–Trinajstić information content (AvgIpc) is 2.95. The van der Waals surface area contributed by atoms with Crippen LogP contribution in [0.5, 0.6) is 0 Å². The molecule has 0 amide bonds. The number of hydrogen-bond acceptors (Lipinski definition) is 3. The predicted octanol–water partition coefficient (Wildman–Crippen LogP) is 6.72. The van der Waals surface area contributed by atoms with Gasteiger partial charge in [0.1, 0.15) is 5.78 Å². The van der Waals surface area contributed by atoms with E-state index in [2.05, 4.69) is 54.5 Å². The number of carbonyl (C=O) groups excluding carboxylic acids is 1. The highest BCUT2D eigenvalue weighted by atomic mass is 16.4. The lowest BCUT2D eigenvalue weighted by Crippen LogP contribution is -2.55. The molecule has 4 rings (SSSR count). The molecule has 7 unspecified atom stereocenters. The van der Waals surface area contributed by atoms with Crippen molar-refractivity contribution in [3.8, 4) is 0 Å². The Morgan fingerprint density at radius 2 is 1.74 bits per heavy atom. The average molecular weight is 471 g/mol. The molecular formula is C30H46O4. The number of fused-ring (bicyclic) bond motifs is 4. The second-order valence-electron chi connectivity index (χ2n) is 13.4. The van der Waals surface area contributed by atoms with Crippen LogP contribution in [-0.4, -0.2) is 28.1 Å². The van der Waals surface area contributed by atoms with Crippen LogP contribution >= 0.6 is 0 Å². The van der Waals surface area contributed by atoms with E-state index in [1.165, 1.54) is 16.7 Å². The van der Waals surface area contributed by atoms with Gasteiger partial charge in [0.25, 0.3) is 0 Å². The molecule has 2 N–H and O–H groups in total. The van der Waals surface area contributed by atoms with Crippen LogP contribution < -0.4 is 0 Å². The molecule has 190 valence electrons. The number of Topliss-reactive ketones (excluding diaryl/α,β-unsaturated/α-hetero) is 1. The van der Waals surface area contributed by atoms with Gasteiger partial charge in [0, 0.05) is 17.3 Å². The maximum atomic E-state index is 12.8. The molecule has 0 aliphatic heterocycles. The van der Waals surface area contributed by atoms with Gasteiger partial charge in [-0.1, -0.05) is 57.4 Å². The second kappa shape index (κ2) is 8.32. The van der Waals surface area contributed by atoms with Gasteiger partial charge < -0.3 is 10.2 Å². The van der Waals surface area contributed by atoms with Gasteiger partial charge in [-0.3, -0.25) is 9.59 Å². The summed E-state index contributed by atoms with van der Waals surface area (Å²) in [5, 5.41) is 21.9. The number of ketones is 1. The monoisotopic (exact) mass is 470 g/mol. The van der Waals surface area contributed by atoms with Crippen molar-refractivity contribution in [2.24, 2.45) is 39.4 Å². The van der Waals surface area contributed by atoms with Gasteiger partial charge in [-0.25, -0.2) is 0 Å². The van der Waals surface area contributed by atoms with E-state index in [-0.39, 0.29) is 22.2 Å². The zero-order chi connectivity index (χ0) is 25.3. The van der Waals surface area contributed by atoms with Crippen molar-refractivity contribution in [3.05, 3.63) is 22.8 Å².